The van der Waals surface area contributed by atoms with Gasteiger partial charge in [-0.25, -0.2) is 0 Å². The van der Waals surface area contributed by atoms with E-state index in [0.717, 1.165) is 11.4 Å². The lowest BCUT2D eigenvalue weighted by molar-refractivity contribution is -0.119. The molecule has 2 atom stereocenters. The van der Waals surface area contributed by atoms with Crippen molar-refractivity contribution in [3.8, 4) is 0 Å². The Hall–Kier alpha value is -1.40. The average molecular weight is 308 g/mol. The molecule has 0 radical (unpaired) electrons. The number of Topliss-reactive ketones (excluding diaryl/α,β-unsaturated/α-hetero) is 2. The normalized spacial score (nSPS) is 25.6. The Morgan fingerprint density at radius 1 is 0.864 bits per heavy atom. The summed E-state index contributed by atoms with van der Waals surface area (Å²) in [6.45, 7) is 10.8. The first-order valence-corrected chi connectivity index (χ1v) is 7.87. The summed E-state index contributed by atoms with van der Waals surface area (Å²) < 4.78 is 0. The molecule has 1 rings (SSSR count). The van der Waals surface area contributed by atoms with Crippen molar-refractivity contribution >= 4 is 23.0 Å². The van der Waals surface area contributed by atoms with E-state index in [1.54, 1.807) is 13.8 Å². The van der Waals surface area contributed by atoms with Crippen LogP contribution in [0.5, 0.6) is 0 Å². The first kappa shape index (κ1) is 18.6. The first-order chi connectivity index (χ1) is 10.4. The lowest BCUT2D eigenvalue weighted by Gasteiger charge is -2.17. The number of carbonyl (C=O) groups is 2. The highest BCUT2D eigenvalue weighted by Gasteiger charge is 2.19. The van der Waals surface area contributed by atoms with Crippen LogP contribution in [0.3, 0.4) is 0 Å². The molecule has 2 N–H and O–H groups in total. The predicted molar refractivity (Wildman–Crippen MR) is 90.0 cm³/mol. The van der Waals surface area contributed by atoms with Crippen molar-refractivity contribution < 1.29 is 9.59 Å². The Balaban J connectivity index is 2.77. The summed E-state index contributed by atoms with van der Waals surface area (Å²) in [4.78, 5) is 32.4. The molecule has 2 unspecified atom stereocenters. The third-order valence-corrected chi connectivity index (χ3v) is 3.99. The highest BCUT2D eigenvalue weighted by atomic mass is 16.1. The van der Waals surface area contributed by atoms with E-state index in [-0.39, 0.29) is 23.4 Å². The van der Waals surface area contributed by atoms with Crippen LogP contribution in [0.25, 0.3) is 0 Å². The molecular weight excluding hydrogens is 280 g/mol. The van der Waals surface area contributed by atoms with Crippen LogP contribution < -0.4 is 10.6 Å². The van der Waals surface area contributed by atoms with Gasteiger partial charge in [0.15, 0.2) is 0 Å². The van der Waals surface area contributed by atoms with Crippen molar-refractivity contribution in [2.45, 2.75) is 27.7 Å². The van der Waals surface area contributed by atoms with E-state index < -0.39 is 0 Å². The molecule has 22 heavy (non-hydrogen) atoms. The maximum atomic E-state index is 11.7. The molecule has 0 bridgehead atoms. The molecule has 1 aliphatic rings. The minimum Gasteiger partial charge on any atom is -0.314 e. The number of nitrogens with one attached hydrogen (secondary N) is 2. The third kappa shape index (κ3) is 6.15. The van der Waals surface area contributed by atoms with Gasteiger partial charge in [-0.1, -0.05) is 0 Å². The molecular formula is C16H28N4O2. The van der Waals surface area contributed by atoms with E-state index in [4.69, 9.17) is 0 Å². The van der Waals surface area contributed by atoms with E-state index in [1.165, 1.54) is 0 Å². The standard InChI is InChI=1S/C16H28N4O2/c1-11-15(13(3)21)9-17-6-8-20-12(2)16(14(4)22)10-18-5-7-19-11/h15-18H,5-10H2,1-4H3. The van der Waals surface area contributed by atoms with Crippen molar-refractivity contribution in [1.82, 2.24) is 10.6 Å². The van der Waals surface area contributed by atoms with Crippen LogP contribution in [-0.2, 0) is 9.59 Å². The summed E-state index contributed by atoms with van der Waals surface area (Å²) in [5.74, 6) is -0.0776. The van der Waals surface area contributed by atoms with Gasteiger partial charge < -0.3 is 10.6 Å². The van der Waals surface area contributed by atoms with Crippen molar-refractivity contribution in [1.29, 1.82) is 0 Å². The highest BCUT2D eigenvalue weighted by molar-refractivity contribution is 6.04. The molecule has 0 spiro atoms. The minimum absolute atomic E-state index is 0.130. The topological polar surface area (TPSA) is 82.9 Å². The largest absolute Gasteiger partial charge is 0.314 e. The SMILES string of the molecule is CC(=O)C1CNCCN=C(C)C(C(C)=O)CNCCN=C1C. The van der Waals surface area contributed by atoms with E-state index in [1.807, 2.05) is 13.8 Å². The Morgan fingerprint density at radius 2 is 1.23 bits per heavy atom. The van der Waals surface area contributed by atoms with Crippen LogP contribution >= 0.6 is 0 Å². The van der Waals surface area contributed by atoms with Crippen molar-refractivity contribution in [2.75, 3.05) is 39.3 Å². The average Bonchev–Trinajstić information content (AvgIpc) is 2.44. The molecule has 6 heteroatoms. The molecule has 0 saturated carbocycles. The zero-order valence-electron chi connectivity index (χ0n) is 14.1. The molecule has 1 heterocycles. The summed E-state index contributed by atoms with van der Waals surface area (Å²) in [6, 6.07) is 0. The van der Waals surface area contributed by atoms with E-state index >= 15 is 0 Å². The smallest absolute Gasteiger partial charge is 0.139 e. The Morgan fingerprint density at radius 3 is 1.55 bits per heavy atom. The second kappa shape index (κ2) is 9.58. The number of aliphatic imine (C=N–C) groups is 2. The second-order valence-electron chi connectivity index (χ2n) is 5.78. The number of carbonyl (C=O) groups excluding carboxylic acids is 2. The molecule has 0 aromatic carbocycles. The van der Waals surface area contributed by atoms with Gasteiger partial charge in [-0.2, -0.15) is 0 Å². The van der Waals surface area contributed by atoms with Gasteiger partial charge in [0.1, 0.15) is 11.6 Å². The number of hydrogen-bond acceptors (Lipinski definition) is 6. The van der Waals surface area contributed by atoms with Gasteiger partial charge in [0.05, 0.1) is 24.9 Å². The maximum absolute atomic E-state index is 11.7. The van der Waals surface area contributed by atoms with Crippen LogP contribution in [0.4, 0.5) is 0 Å². The number of rotatable bonds is 2. The highest BCUT2D eigenvalue weighted by Crippen LogP contribution is 2.03. The van der Waals surface area contributed by atoms with E-state index in [0.29, 0.717) is 39.3 Å². The summed E-state index contributed by atoms with van der Waals surface area (Å²) in [6.07, 6.45) is 0. The molecule has 0 amide bonds. The summed E-state index contributed by atoms with van der Waals surface area (Å²) >= 11 is 0. The number of nitrogens with zero attached hydrogens (tertiary/aromatic N) is 2. The molecule has 0 fully saturated rings. The lowest BCUT2D eigenvalue weighted by Crippen LogP contribution is -2.36. The predicted octanol–water partition coefficient (Wildman–Crippen LogP) is 0.511. The fourth-order valence-electron chi connectivity index (χ4n) is 2.51. The van der Waals surface area contributed by atoms with Gasteiger partial charge in [-0.3, -0.25) is 19.6 Å². The Bertz CT molecular complexity index is 415. The zero-order chi connectivity index (χ0) is 16.5. The second-order valence-corrected chi connectivity index (χ2v) is 5.78. The van der Waals surface area contributed by atoms with Crippen LogP contribution in [0, 0.1) is 11.8 Å². The van der Waals surface area contributed by atoms with Crippen LogP contribution in [-0.4, -0.2) is 62.3 Å². The lowest BCUT2D eigenvalue weighted by atomic mass is 9.99. The summed E-state index contributed by atoms with van der Waals surface area (Å²) in [7, 11) is 0. The maximum Gasteiger partial charge on any atom is 0.139 e. The summed E-state index contributed by atoms with van der Waals surface area (Å²) in [5.41, 5.74) is 1.73. The van der Waals surface area contributed by atoms with Crippen LogP contribution in [0.15, 0.2) is 9.98 Å². The summed E-state index contributed by atoms with van der Waals surface area (Å²) in [5, 5.41) is 6.51. The van der Waals surface area contributed by atoms with Gasteiger partial charge in [-0.15, -0.1) is 0 Å². The molecule has 124 valence electrons. The fourth-order valence-corrected chi connectivity index (χ4v) is 2.51. The molecule has 0 saturated heterocycles. The van der Waals surface area contributed by atoms with Crippen molar-refractivity contribution in [3.05, 3.63) is 0 Å². The monoisotopic (exact) mass is 308 g/mol. The van der Waals surface area contributed by atoms with Gasteiger partial charge in [0.25, 0.3) is 0 Å². The minimum atomic E-state index is -0.169. The molecule has 6 nitrogen and oxygen atoms in total. The molecule has 0 aromatic rings. The van der Waals surface area contributed by atoms with Crippen LogP contribution in [0.1, 0.15) is 27.7 Å². The Labute approximate surface area is 132 Å². The van der Waals surface area contributed by atoms with Gasteiger partial charge in [0.2, 0.25) is 0 Å². The third-order valence-electron chi connectivity index (χ3n) is 3.99. The molecule has 0 aromatic heterocycles. The van der Waals surface area contributed by atoms with Gasteiger partial charge in [0, 0.05) is 37.6 Å². The molecule has 1 aliphatic heterocycles. The van der Waals surface area contributed by atoms with Crippen molar-refractivity contribution in [2.24, 2.45) is 21.8 Å². The fraction of sp³-hybridized carbons (Fsp3) is 0.750. The Kier molecular flexibility index (Phi) is 8.12. The van der Waals surface area contributed by atoms with E-state index in [9.17, 15) is 9.59 Å². The van der Waals surface area contributed by atoms with Gasteiger partial charge in [-0.05, 0) is 27.7 Å². The first-order valence-electron chi connectivity index (χ1n) is 7.87. The number of ketones is 2. The zero-order valence-corrected chi connectivity index (χ0v) is 14.1. The number of hydrogen-bond donors (Lipinski definition) is 2. The van der Waals surface area contributed by atoms with Crippen molar-refractivity contribution in [3.63, 3.8) is 0 Å². The van der Waals surface area contributed by atoms with E-state index in [2.05, 4.69) is 20.6 Å². The quantitative estimate of drug-likeness (QED) is 0.779. The molecule has 0 aliphatic carbocycles. The van der Waals surface area contributed by atoms with Crippen LogP contribution in [0.2, 0.25) is 0 Å². The van der Waals surface area contributed by atoms with Gasteiger partial charge >= 0.3 is 0 Å².